The molecule has 0 aromatic heterocycles. The van der Waals surface area contributed by atoms with Crippen molar-refractivity contribution in [2.24, 2.45) is 4.99 Å². The summed E-state index contributed by atoms with van der Waals surface area (Å²) >= 11 is 11.8. The summed E-state index contributed by atoms with van der Waals surface area (Å²) < 4.78 is 0. The van der Waals surface area contributed by atoms with E-state index in [9.17, 15) is 5.11 Å². The van der Waals surface area contributed by atoms with Crippen molar-refractivity contribution in [3.63, 3.8) is 0 Å². The van der Waals surface area contributed by atoms with E-state index >= 15 is 0 Å². The third-order valence-corrected chi connectivity index (χ3v) is 3.93. The van der Waals surface area contributed by atoms with Crippen molar-refractivity contribution in [2.45, 2.75) is 0 Å². The maximum atomic E-state index is 10.0. The molecule has 0 amide bonds. The van der Waals surface area contributed by atoms with Gasteiger partial charge in [-0.15, -0.1) is 0 Å². The zero-order valence-electron chi connectivity index (χ0n) is 10.9. The van der Waals surface area contributed by atoms with Gasteiger partial charge in [-0.3, -0.25) is 4.99 Å². The topological polar surface area (TPSA) is 32.6 Å². The number of aromatic hydroxyl groups is 1. The first kappa shape index (κ1) is 13.9. The Hall–Kier alpha value is -2.03. The molecule has 104 valence electrons. The molecule has 3 rings (SSSR count). The molecule has 1 N–H and O–H groups in total. The summed E-state index contributed by atoms with van der Waals surface area (Å²) in [7, 11) is 0. The summed E-state index contributed by atoms with van der Waals surface area (Å²) in [5, 5.41) is 13.0. The van der Waals surface area contributed by atoms with E-state index in [0.29, 0.717) is 21.3 Å². The van der Waals surface area contributed by atoms with Gasteiger partial charge in [-0.2, -0.15) is 0 Å². The standard InChI is InChI=1S/C17H11Cl2NO/c18-15-7-6-12(9-16(15)19)20-10-14-13-4-2-1-3-11(13)5-8-17(14)21/h1-10,21H. The third kappa shape index (κ3) is 2.87. The predicted molar refractivity (Wildman–Crippen MR) is 89.3 cm³/mol. The maximum absolute atomic E-state index is 10.0. The summed E-state index contributed by atoms with van der Waals surface area (Å²) in [5.41, 5.74) is 1.36. The fraction of sp³-hybridized carbons (Fsp3) is 0. The summed E-state index contributed by atoms with van der Waals surface area (Å²) in [5.74, 6) is 0.192. The molecule has 4 heteroatoms. The highest BCUT2D eigenvalue weighted by atomic mass is 35.5. The first-order valence-corrected chi connectivity index (χ1v) is 7.10. The zero-order chi connectivity index (χ0) is 14.8. The molecule has 0 saturated heterocycles. The summed E-state index contributed by atoms with van der Waals surface area (Å²) in [6.07, 6.45) is 1.64. The second kappa shape index (κ2) is 5.76. The van der Waals surface area contributed by atoms with Crippen LogP contribution in [0.25, 0.3) is 10.8 Å². The lowest BCUT2D eigenvalue weighted by Gasteiger charge is -2.04. The van der Waals surface area contributed by atoms with Gasteiger partial charge in [-0.05, 0) is 35.0 Å². The van der Waals surface area contributed by atoms with Crippen LogP contribution in [0, 0.1) is 0 Å². The van der Waals surface area contributed by atoms with Gasteiger partial charge in [0.2, 0.25) is 0 Å². The molecule has 0 spiro atoms. The van der Waals surface area contributed by atoms with Crippen LogP contribution < -0.4 is 0 Å². The average Bonchev–Trinajstić information content (AvgIpc) is 2.50. The minimum atomic E-state index is 0.192. The lowest BCUT2D eigenvalue weighted by molar-refractivity contribution is 0.475. The molecule has 21 heavy (non-hydrogen) atoms. The van der Waals surface area contributed by atoms with Gasteiger partial charge >= 0.3 is 0 Å². The first-order chi connectivity index (χ1) is 10.1. The molecule has 2 nitrogen and oxygen atoms in total. The Kier molecular flexibility index (Phi) is 3.82. The Morgan fingerprint density at radius 3 is 2.52 bits per heavy atom. The number of phenolic OH excluding ortho intramolecular Hbond substituents is 1. The van der Waals surface area contributed by atoms with E-state index in [2.05, 4.69) is 4.99 Å². The van der Waals surface area contributed by atoms with Crippen LogP contribution in [-0.2, 0) is 0 Å². The fourth-order valence-electron chi connectivity index (χ4n) is 2.12. The van der Waals surface area contributed by atoms with Gasteiger partial charge in [-0.1, -0.05) is 53.5 Å². The molecular formula is C17H11Cl2NO. The summed E-state index contributed by atoms with van der Waals surface area (Å²) in [6, 6.07) is 16.5. The number of phenols is 1. The minimum Gasteiger partial charge on any atom is -0.507 e. The van der Waals surface area contributed by atoms with E-state index in [1.54, 1.807) is 30.5 Å². The molecule has 0 aliphatic rings. The van der Waals surface area contributed by atoms with Gasteiger partial charge in [0.15, 0.2) is 0 Å². The molecule has 0 atom stereocenters. The van der Waals surface area contributed by atoms with E-state index < -0.39 is 0 Å². The molecule has 0 unspecified atom stereocenters. The Labute approximate surface area is 132 Å². The molecule has 3 aromatic carbocycles. The van der Waals surface area contributed by atoms with E-state index in [0.717, 1.165) is 10.8 Å². The van der Waals surface area contributed by atoms with Gasteiger partial charge in [0.1, 0.15) is 5.75 Å². The van der Waals surface area contributed by atoms with Gasteiger partial charge < -0.3 is 5.11 Å². The van der Waals surface area contributed by atoms with E-state index in [-0.39, 0.29) is 5.75 Å². The number of rotatable bonds is 2. The number of benzene rings is 3. The number of nitrogens with zero attached hydrogens (tertiary/aromatic N) is 1. The van der Waals surface area contributed by atoms with Crippen LogP contribution in [0.15, 0.2) is 59.6 Å². The van der Waals surface area contributed by atoms with Crippen LogP contribution in [0.4, 0.5) is 5.69 Å². The van der Waals surface area contributed by atoms with Crippen molar-refractivity contribution in [2.75, 3.05) is 0 Å². The lowest BCUT2D eigenvalue weighted by Crippen LogP contribution is -1.85. The second-order valence-electron chi connectivity index (χ2n) is 4.58. The lowest BCUT2D eigenvalue weighted by atomic mass is 10.0. The van der Waals surface area contributed by atoms with Crippen LogP contribution in [0.2, 0.25) is 10.0 Å². The van der Waals surface area contributed by atoms with Crippen LogP contribution in [0.3, 0.4) is 0 Å². The van der Waals surface area contributed by atoms with Gasteiger partial charge in [0.05, 0.1) is 15.7 Å². The largest absolute Gasteiger partial charge is 0.507 e. The average molecular weight is 316 g/mol. The Morgan fingerprint density at radius 2 is 1.71 bits per heavy atom. The molecule has 0 aliphatic carbocycles. The predicted octanol–water partition coefficient (Wildman–Crippen LogP) is 5.60. The van der Waals surface area contributed by atoms with Crippen molar-refractivity contribution in [3.05, 3.63) is 70.2 Å². The molecular weight excluding hydrogens is 305 g/mol. The smallest absolute Gasteiger partial charge is 0.124 e. The Balaban J connectivity index is 2.06. The Morgan fingerprint density at radius 1 is 0.905 bits per heavy atom. The molecule has 0 heterocycles. The normalized spacial score (nSPS) is 11.3. The number of hydrogen-bond acceptors (Lipinski definition) is 2. The summed E-state index contributed by atoms with van der Waals surface area (Å²) in [6.45, 7) is 0. The monoisotopic (exact) mass is 315 g/mol. The molecule has 0 saturated carbocycles. The molecule has 3 aromatic rings. The van der Waals surface area contributed by atoms with Crippen LogP contribution >= 0.6 is 23.2 Å². The highest BCUT2D eigenvalue weighted by Crippen LogP contribution is 2.28. The maximum Gasteiger partial charge on any atom is 0.124 e. The van der Waals surface area contributed by atoms with Gasteiger partial charge in [-0.25, -0.2) is 0 Å². The zero-order valence-corrected chi connectivity index (χ0v) is 12.4. The van der Waals surface area contributed by atoms with Crippen LogP contribution in [-0.4, -0.2) is 11.3 Å². The first-order valence-electron chi connectivity index (χ1n) is 6.35. The molecule has 0 aliphatic heterocycles. The quantitative estimate of drug-likeness (QED) is 0.613. The molecule has 0 fully saturated rings. The molecule has 0 radical (unpaired) electrons. The third-order valence-electron chi connectivity index (χ3n) is 3.19. The second-order valence-corrected chi connectivity index (χ2v) is 5.39. The fourth-order valence-corrected chi connectivity index (χ4v) is 2.42. The van der Waals surface area contributed by atoms with Crippen molar-refractivity contribution in [1.29, 1.82) is 0 Å². The number of fused-ring (bicyclic) bond motifs is 1. The van der Waals surface area contributed by atoms with Crippen molar-refractivity contribution >= 4 is 45.9 Å². The van der Waals surface area contributed by atoms with Crippen LogP contribution in [0.5, 0.6) is 5.75 Å². The number of hydrogen-bond donors (Lipinski definition) is 1. The van der Waals surface area contributed by atoms with Gasteiger partial charge in [0, 0.05) is 11.8 Å². The SMILES string of the molecule is Oc1ccc2ccccc2c1C=Nc1ccc(Cl)c(Cl)c1. The Bertz CT molecular complexity index is 843. The van der Waals surface area contributed by atoms with E-state index in [1.807, 2.05) is 30.3 Å². The van der Waals surface area contributed by atoms with Crippen LogP contribution in [0.1, 0.15) is 5.56 Å². The van der Waals surface area contributed by atoms with Crippen molar-refractivity contribution < 1.29 is 5.11 Å². The van der Waals surface area contributed by atoms with E-state index in [4.69, 9.17) is 23.2 Å². The van der Waals surface area contributed by atoms with Crippen molar-refractivity contribution in [1.82, 2.24) is 0 Å². The molecule has 0 bridgehead atoms. The number of halogens is 2. The highest BCUT2D eigenvalue weighted by Gasteiger charge is 2.04. The summed E-state index contributed by atoms with van der Waals surface area (Å²) in [4.78, 5) is 4.36. The van der Waals surface area contributed by atoms with Crippen molar-refractivity contribution in [3.8, 4) is 5.75 Å². The highest BCUT2D eigenvalue weighted by molar-refractivity contribution is 6.42. The van der Waals surface area contributed by atoms with E-state index in [1.165, 1.54) is 0 Å². The minimum absolute atomic E-state index is 0.192. The van der Waals surface area contributed by atoms with Gasteiger partial charge in [0.25, 0.3) is 0 Å². The number of aliphatic imine (C=N–C) groups is 1.